The van der Waals surface area contributed by atoms with Gasteiger partial charge in [0.15, 0.2) is 6.29 Å². The molecule has 1 aliphatic rings. The number of rotatable bonds is 7. The number of hydrogen-bond donors (Lipinski definition) is 0. The van der Waals surface area contributed by atoms with Gasteiger partial charge in [-0.2, -0.15) is 0 Å². The Labute approximate surface area is 128 Å². The molecule has 3 atom stereocenters. The van der Waals surface area contributed by atoms with Crippen molar-refractivity contribution >= 4 is 22.4 Å². The fraction of sp³-hybridized carbons (Fsp3) is 0.600. The van der Waals surface area contributed by atoms with Gasteiger partial charge in [-0.1, -0.05) is 18.2 Å². The Bertz CT molecular complexity index is 407. The maximum Gasteiger partial charge on any atom is 0.157 e. The van der Waals surface area contributed by atoms with Gasteiger partial charge >= 0.3 is 0 Å². The second-order valence-electron chi connectivity index (χ2n) is 4.83. The molecule has 0 N–H and O–H groups in total. The van der Waals surface area contributed by atoms with Crippen LogP contribution in [0, 0.1) is 0 Å². The maximum absolute atomic E-state index is 12.2. The van der Waals surface area contributed by atoms with Gasteiger partial charge in [-0.25, -0.2) is 0 Å². The normalized spacial score (nSPS) is 22.4. The number of ether oxygens (including phenoxy) is 2. The van der Waals surface area contributed by atoms with Gasteiger partial charge < -0.3 is 9.47 Å². The largest absolute Gasteiger partial charge is 0.353 e. The van der Waals surface area contributed by atoms with Crippen LogP contribution < -0.4 is 0 Å². The first-order valence-corrected chi connectivity index (χ1v) is 8.75. The van der Waals surface area contributed by atoms with E-state index in [1.807, 2.05) is 30.3 Å². The van der Waals surface area contributed by atoms with E-state index in [0.29, 0.717) is 13.0 Å². The lowest BCUT2D eigenvalue weighted by Crippen LogP contribution is -2.23. The van der Waals surface area contributed by atoms with Gasteiger partial charge in [0.2, 0.25) is 0 Å². The quantitative estimate of drug-likeness (QED) is 0.568. The summed E-state index contributed by atoms with van der Waals surface area (Å²) in [4.78, 5) is 0.782. The van der Waals surface area contributed by atoms with Gasteiger partial charge in [-0.3, -0.25) is 4.21 Å². The minimum atomic E-state index is -1.16. The molecule has 1 aliphatic heterocycles. The monoisotopic (exact) mass is 316 g/mol. The third kappa shape index (κ3) is 5.17. The Hall–Kier alpha value is -0.420. The molecule has 0 aromatic heterocycles. The first-order valence-electron chi connectivity index (χ1n) is 7.10. The lowest BCUT2D eigenvalue weighted by atomic mass is 10.2. The van der Waals surface area contributed by atoms with E-state index in [9.17, 15) is 4.21 Å². The molecule has 3 nitrogen and oxygen atoms in total. The summed E-state index contributed by atoms with van der Waals surface area (Å²) in [6, 6.07) is 9.35. The Morgan fingerprint density at radius 3 is 2.85 bits per heavy atom. The highest BCUT2D eigenvalue weighted by Gasteiger charge is 2.17. The minimum absolute atomic E-state index is 0.0582. The molecule has 112 valence electrons. The highest BCUT2D eigenvalue weighted by atomic mass is 35.5. The van der Waals surface area contributed by atoms with Gasteiger partial charge in [0.1, 0.15) is 4.71 Å². The average molecular weight is 317 g/mol. The maximum atomic E-state index is 12.2. The first-order chi connectivity index (χ1) is 9.77. The fourth-order valence-electron chi connectivity index (χ4n) is 2.11. The fourth-order valence-corrected chi connectivity index (χ4v) is 3.67. The summed E-state index contributed by atoms with van der Waals surface area (Å²) in [5.74, 6) is 0. The van der Waals surface area contributed by atoms with Crippen LogP contribution >= 0.6 is 11.6 Å². The summed E-state index contributed by atoms with van der Waals surface area (Å²) in [7, 11) is -1.16. The number of hydrogen-bond acceptors (Lipinski definition) is 3. The molecule has 0 bridgehead atoms. The van der Waals surface area contributed by atoms with Crippen molar-refractivity contribution in [2.45, 2.75) is 48.0 Å². The van der Waals surface area contributed by atoms with Crippen molar-refractivity contribution in [1.82, 2.24) is 0 Å². The van der Waals surface area contributed by atoms with Crippen molar-refractivity contribution in [3.05, 3.63) is 30.3 Å². The lowest BCUT2D eigenvalue weighted by Gasteiger charge is -2.22. The highest BCUT2D eigenvalue weighted by molar-refractivity contribution is 7.87. The molecule has 5 heteroatoms. The van der Waals surface area contributed by atoms with Crippen LogP contribution in [0.4, 0.5) is 0 Å². The predicted octanol–water partition coefficient (Wildman–Crippen LogP) is 3.68. The van der Waals surface area contributed by atoms with Crippen LogP contribution in [0.5, 0.6) is 0 Å². The van der Waals surface area contributed by atoms with Crippen molar-refractivity contribution in [3.63, 3.8) is 0 Å². The van der Waals surface area contributed by atoms with Gasteiger partial charge in [0, 0.05) is 18.1 Å². The van der Waals surface area contributed by atoms with E-state index in [-0.39, 0.29) is 11.0 Å². The van der Waals surface area contributed by atoms with E-state index in [0.717, 1.165) is 30.8 Å². The summed E-state index contributed by atoms with van der Waals surface area (Å²) in [6.45, 7) is 1.40. The average Bonchev–Trinajstić information content (AvgIpc) is 2.52. The molecule has 0 radical (unpaired) electrons. The molecule has 0 spiro atoms. The molecular weight excluding hydrogens is 296 g/mol. The molecule has 20 heavy (non-hydrogen) atoms. The van der Waals surface area contributed by atoms with E-state index in [4.69, 9.17) is 21.1 Å². The second-order valence-corrected chi connectivity index (χ2v) is 7.25. The Kier molecular flexibility index (Phi) is 7.00. The van der Waals surface area contributed by atoms with Gasteiger partial charge in [-0.15, -0.1) is 11.6 Å². The predicted molar refractivity (Wildman–Crippen MR) is 81.3 cm³/mol. The molecule has 1 aromatic rings. The van der Waals surface area contributed by atoms with Crippen LogP contribution in [0.15, 0.2) is 35.2 Å². The van der Waals surface area contributed by atoms with E-state index in [2.05, 4.69) is 0 Å². The third-order valence-corrected chi connectivity index (χ3v) is 5.37. The van der Waals surface area contributed by atoms with Crippen molar-refractivity contribution in [2.24, 2.45) is 0 Å². The zero-order valence-corrected chi connectivity index (χ0v) is 13.1. The molecule has 1 saturated heterocycles. The number of alkyl halides is 1. The Balaban J connectivity index is 1.64. The van der Waals surface area contributed by atoms with Gasteiger partial charge in [-0.05, 0) is 44.2 Å². The molecule has 0 amide bonds. The molecule has 0 aliphatic carbocycles. The zero-order chi connectivity index (χ0) is 14.2. The molecule has 1 aromatic carbocycles. The minimum Gasteiger partial charge on any atom is -0.353 e. The van der Waals surface area contributed by atoms with Crippen molar-refractivity contribution < 1.29 is 13.7 Å². The van der Waals surface area contributed by atoms with Crippen molar-refractivity contribution in [1.29, 1.82) is 0 Å². The van der Waals surface area contributed by atoms with Crippen molar-refractivity contribution in [2.75, 3.05) is 13.2 Å². The third-order valence-electron chi connectivity index (χ3n) is 3.22. The van der Waals surface area contributed by atoms with E-state index >= 15 is 0 Å². The molecule has 1 fully saturated rings. The summed E-state index contributed by atoms with van der Waals surface area (Å²) in [6.07, 6.45) is 4.68. The molecule has 0 saturated carbocycles. The molecule has 3 unspecified atom stereocenters. The SMILES string of the molecule is O=S(c1ccccc1)C(Cl)CCCOC1CCCCO1. The van der Waals surface area contributed by atoms with E-state index in [1.165, 1.54) is 6.42 Å². The van der Waals surface area contributed by atoms with Crippen LogP contribution in [0.2, 0.25) is 0 Å². The highest BCUT2D eigenvalue weighted by Crippen LogP contribution is 2.19. The standard InChI is InChI=1S/C15H21ClO3S/c16-14(20(17)13-7-2-1-3-8-13)9-6-12-19-15-10-4-5-11-18-15/h1-3,7-8,14-15H,4-6,9-12H2. The van der Waals surface area contributed by atoms with Gasteiger partial charge in [0.05, 0.1) is 10.8 Å². The van der Waals surface area contributed by atoms with Crippen LogP contribution in [-0.2, 0) is 20.3 Å². The molecular formula is C15H21ClO3S. The topological polar surface area (TPSA) is 35.5 Å². The smallest absolute Gasteiger partial charge is 0.157 e. The summed E-state index contributed by atoms with van der Waals surface area (Å²) >= 11 is 6.20. The summed E-state index contributed by atoms with van der Waals surface area (Å²) < 4.78 is 22.9. The van der Waals surface area contributed by atoms with Crippen LogP contribution in [0.25, 0.3) is 0 Å². The summed E-state index contributed by atoms with van der Waals surface area (Å²) in [5, 5.41) is 0. The first kappa shape index (κ1) is 16.0. The zero-order valence-electron chi connectivity index (χ0n) is 11.5. The van der Waals surface area contributed by atoms with Crippen LogP contribution in [-0.4, -0.2) is 28.4 Å². The Morgan fingerprint density at radius 2 is 2.15 bits per heavy atom. The lowest BCUT2D eigenvalue weighted by molar-refractivity contribution is -0.162. The number of benzene rings is 1. The van der Waals surface area contributed by atoms with Crippen LogP contribution in [0.1, 0.15) is 32.1 Å². The molecule has 1 heterocycles. The Morgan fingerprint density at radius 1 is 1.35 bits per heavy atom. The van der Waals surface area contributed by atoms with Crippen molar-refractivity contribution in [3.8, 4) is 0 Å². The second kappa shape index (κ2) is 8.78. The van der Waals surface area contributed by atoms with Gasteiger partial charge in [0.25, 0.3) is 0 Å². The van der Waals surface area contributed by atoms with Crippen LogP contribution in [0.3, 0.4) is 0 Å². The van der Waals surface area contributed by atoms with E-state index in [1.54, 1.807) is 0 Å². The number of halogens is 1. The molecule has 2 rings (SSSR count). The van der Waals surface area contributed by atoms with E-state index < -0.39 is 10.8 Å². The summed E-state index contributed by atoms with van der Waals surface area (Å²) in [5.41, 5.74) is 0.